The van der Waals surface area contributed by atoms with Gasteiger partial charge in [0.1, 0.15) is 11.5 Å². The van der Waals surface area contributed by atoms with Gasteiger partial charge in [0.2, 0.25) is 0 Å². The molecule has 0 radical (unpaired) electrons. The maximum absolute atomic E-state index is 12.1. The van der Waals surface area contributed by atoms with Crippen LogP contribution in [-0.2, 0) is 4.79 Å². The van der Waals surface area contributed by atoms with E-state index in [0.717, 1.165) is 5.56 Å². The van der Waals surface area contributed by atoms with E-state index in [0.29, 0.717) is 11.4 Å². The molecule has 7 heteroatoms. The van der Waals surface area contributed by atoms with Gasteiger partial charge in [0.15, 0.2) is 12.7 Å². The molecule has 0 spiro atoms. The van der Waals surface area contributed by atoms with Gasteiger partial charge in [-0.05, 0) is 55.8 Å². The van der Waals surface area contributed by atoms with Crippen LogP contribution in [0.2, 0.25) is 0 Å². The van der Waals surface area contributed by atoms with Crippen molar-refractivity contribution in [3.8, 4) is 11.5 Å². The van der Waals surface area contributed by atoms with E-state index in [4.69, 9.17) is 4.74 Å². The second kappa shape index (κ2) is 7.92. The van der Waals surface area contributed by atoms with Crippen molar-refractivity contribution < 1.29 is 27.4 Å². The number of ether oxygens (including phenoxy) is 2. The molecule has 25 heavy (non-hydrogen) atoms. The predicted octanol–water partition coefficient (Wildman–Crippen LogP) is 4.34. The molecule has 0 aliphatic carbocycles. The van der Waals surface area contributed by atoms with Gasteiger partial charge in [0, 0.05) is 5.69 Å². The van der Waals surface area contributed by atoms with Crippen LogP contribution in [0.25, 0.3) is 0 Å². The Kier molecular flexibility index (Phi) is 5.90. The van der Waals surface area contributed by atoms with Gasteiger partial charge in [0.05, 0.1) is 0 Å². The Morgan fingerprint density at radius 1 is 1.12 bits per heavy atom. The zero-order valence-corrected chi connectivity index (χ0v) is 13.8. The summed E-state index contributed by atoms with van der Waals surface area (Å²) in [5.41, 5.74) is 1.45. The van der Waals surface area contributed by atoms with Gasteiger partial charge >= 0.3 is 6.18 Å². The van der Waals surface area contributed by atoms with E-state index in [1.165, 1.54) is 24.3 Å². The van der Waals surface area contributed by atoms with E-state index in [9.17, 15) is 18.0 Å². The largest absolute Gasteiger partial charge is 0.484 e. The molecule has 2 aromatic rings. The summed E-state index contributed by atoms with van der Waals surface area (Å²) in [6, 6.07) is 12.9. The third-order valence-electron chi connectivity index (χ3n) is 3.20. The van der Waals surface area contributed by atoms with Crippen LogP contribution >= 0.6 is 0 Å². The number of carbonyl (C=O) groups excluding carboxylic acids is 1. The molecule has 0 aliphatic heterocycles. The molecule has 0 aliphatic rings. The monoisotopic (exact) mass is 353 g/mol. The Bertz CT molecular complexity index is 714. The molecule has 1 atom stereocenters. The van der Waals surface area contributed by atoms with Gasteiger partial charge in [-0.25, -0.2) is 0 Å². The van der Waals surface area contributed by atoms with Gasteiger partial charge in [0.25, 0.3) is 5.91 Å². The average molecular weight is 353 g/mol. The second-order valence-electron chi connectivity index (χ2n) is 5.49. The van der Waals surface area contributed by atoms with Crippen LogP contribution in [0.5, 0.6) is 11.5 Å². The fourth-order valence-electron chi connectivity index (χ4n) is 1.99. The van der Waals surface area contributed by atoms with Crippen LogP contribution in [0.1, 0.15) is 12.5 Å². The van der Waals surface area contributed by atoms with E-state index >= 15 is 0 Å². The fourth-order valence-corrected chi connectivity index (χ4v) is 1.99. The lowest BCUT2D eigenvalue weighted by molar-refractivity contribution is -0.153. The molecular weight excluding hydrogens is 335 g/mol. The molecule has 2 aromatic carbocycles. The highest BCUT2D eigenvalue weighted by Crippen LogP contribution is 2.21. The molecule has 0 bridgehead atoms. The number of alkyl halides is 3. The van der Waals surface area contributed by atoms with Gasteiger partial charge in [-0.2, -0.15) is 13.2 Å². The molecule has 4 nitrogen and oxygen atoms in total. The lowest BCUT2D eigenvalue weighted by Crippen LogP contribution is -2.30. The maximum atomic E-state index is 12.1. The van der Waals surface area contributed by atoms with Gasteiger partial charge in [-0.1, -0.05) is 12.1 Å². The molecule has 1 N–H and O–H groups in total. The van der Waals surface area contributed by atoms with Crippen LogP contribution in [0.3, 0.4) is 0 Å². The lowest BCUT2D eigenvalue weighted by atomic mass is 10.2. The summed E-state index contributed by atoms with van der Waals surface area (Å²) >= 11 is 0. The number of anilines is 1. The first-order valence-electron chi connectivity index (χ1n) is 7.57. The lowest BCUT2D eigenvalue weighted by Gasteiger charge is -2.15. The van der Waals surface area contributed by atoms with E-state index < -0.39 is 18.9 Å². The van der Waals surface area contributed by atoms with Crippen LogP contribution in [0, 0.1) is 6.92 Å². The predicted molar refractivity (Wildman–Crippen MR) is 87.9 cm³/mol. The fraction of sp³-hybridized carbons (Fsp3) is 0.278. The molecule has 2 rings (SSSR count). The Balaban J connectivity index is 1.89. The van der Waals surface area contributed by atoms with Gasteiger partial charge in [-0.15, -0.1) is 0 Å². The average Bonchev–Trinajstić information content (AvgIpc) is 2.53. The van der Waals surface area contributed by atoms with E-state index in [-0.39, 0.29) is 11.7 Å². The van der Waals surface area contributed by atoms with Crippen molar-refractivity contribution in [3.05, 3.63) is 54.1 Å². The highest BCUT2D eigenvalue weighted by atomic mass is 19.4. The number of hydrogen-bond acceptors (Lipinski definition) is 3. The van der Waals surface area contributed by atoms with Crippen molar-refractivity contribution in [2.75, 3.05) is 11.9 Å². The molecule has 0 heterocycles. The van der Waals surface area contributed by atoms with Crippen molar-refractivity contribution in [1.82, 2.24) is 0 Å². The van der Waals surface area contributed by atoms with Crippen LogP contribution in [-0.4, -0.2) is 24.8 Å². The molecule has 134 valence electrons. The minimum atomic E-state index is -4.39. The zero-order chi connectivity index (χ0) is 18.4. The summed E-state index contributed by atoms with van der Waals surface area (Å²) in [6.07, 6.45) is -5.13. The highest BCUT2D eigenvalue weighted by molar-refractivity contribution is 5.94. The maximum Gasteiger partial charge on any atom is 0.422 e. The van der Waals surface area contributed by atoms with Crippen molar-refractivity contribution in [2.45, 2.75) is 26.1 Å². The number of carbonyl (C=O) groups is 1. The zero-order valence-electron chi connectivity index (χ0n) is 13.8. The number of rotatable bonds is 6. The molecule has 0 saturated carbocycles. The first-order valence-corrected chi connectivity index (χ1v) is 7.57. The number of nitrogens with one attached hydrogen (secondary N) is 1. The van der Waals surface area contributed by atoms with E-state index in [1.807, 2.05) is 25.1 Å². The number of amides is 1. The summed E-state index contributed by atoms with van der Waals surface area (Å²) in [5, 5.41) is 2.63. The Labute approximate surface area is 143 Å². The molecule has 1 amide bonds. The topological polar surface area (TPSA) is 47.6 Å². The number of halogens is 3. The van der Waals surface area contributed by atoms with E-state index in [2.05, 4.69) is 10.1 Å². The quantitative estimate of drug-likeness (QED) is 0.840. The molecule has 0 fully saturated rings. The smallest absolute Gasteiger partial charge is 0.422 e. The normalized spacial score (nSPS) is 12.4. The second-order valence-corrected chi connectivity index (χ2v) is 5.49. The third-order valence-corrected chi connectivity index (χ3v) is 3.20. The Morgan fingerprint density at radius 2 is 1.80 bits per heavy atom. The summed E-state index contributed by atoms with van der Waals surface area (Å²) in [7, 11) is 0. The first-order chi connectivity index (χ1) is 11.7. The summed E-state index contributed by atoms with van der Waals surface area (Å²) < 4.78 is 46.4. The van der Waals surface area contributed by atoms with Crippen molar-refractivity contribution in [3.63, 3.8) is 0 Å². The van der Waals surface area contributed by atoms with E-state index in [1.54, 1.807) is 13.0 Å². The highest BCUT2D eigenvalue weighted by Gasteiger charge is 2.28. The van der Waals surface area contributed by atoms with Gasteiger partial charge in [-0.3, -0.25) is 4.79 Å². The number of aryl methyl sites for hydroxylation is 1. The minimum Gasteiger partial charge on any atom is -0.484 e. The summed E-state index contributed by atoms with van der Waals surface area (Å²) in [4.78, 5) is 12.1. The number of benzene rings is 2. The summed E-state index contributed by atoms with van der Waals surface area (Å²) in [6.45, 7) is 2.17. The Hall–Kier alpha value is -2.70. The van der Waals surface area contributed by atoms with Crippen molar-refractivity contribution in [1.29, 1.82) is 0 Å². The SMILES string of the molecule is Cc1cccc(OC(C)C(=O)Nc2ccc(OCC(F)(F)F)cc2)c1. The van der Waals surface area contributed by atoms with Crippen molar-refractivity contribution >= 4 is 11.6 Å². The third kappa shape index (κ3) is 6.37. The molecule has 0 aromatic heterocycles. The van der Waals surface area contributed by atoms with Crippen LogP contribution in [0.4, 0.5) is 18.9 Å². The summed E-state index contributed by atoms with van der Waals surface area (Å²) in [5.74, 6) is 0.281. The van der Waals surface area contributed by atoms with Gasteiger partial charge < -0.3 is 14.8 Å². The Morgan fingerprint density at radius 3 is 2.40 bits per heavy atom. The first kappa shape index (κ1) is 18.6. The molecule has 0 saturated heterocycles. The minimum absolute atomic E-state index is 0.0689. The molecular formula is C18H18F3NO3. The number of hydrogen-bond donors (Lipinski definition) is 1. The molecule has 1 unspecified atom stereocenters. The van der Waals surface area contributed by atoms with Crippen LogP contribution < -0.4 is 14.8 Å². The van der Waals surface area contributed by atoms with Crippen LogP contribution in [0.15, 0.2) is 48.5 Å². The standard InChI is InChI=1S/C18H18F3NO3/c1-12-4-3-5-16(10-12)25-13(2)17(23)22-14-6-8-15(9-7-14)24-11-18(19,20)21/h3-10,13H,11H2,1-2H3,(H,22,23). The van der Waals surface area contributed by atoms with Crippen molar-refractivity contribution in [2.24, 2.45) is 0 Å².